The van der Waals surface area contributed by atoms with Gasteiger partial charge >= 0.3 is 0 Å². The van der Waals surface area contributed by atoms with Crippen LogP contribution in [0.25, 0.3) is 0 Å². The fourth-order valence-electron chi connectivity index (χ4n) is 2.05. The van der Waals surface area contributed by atoms with E-state index in [4.69, 9.17) is 11.6 Å². The number of benzene rings is 2. The molecule has 2 aromatic carbocycles. The molecule has 0 bridgehead atoms. The number of hydrogen-bond donors (Lipinski definition) is 0. The molecule has 0 saturated heterocycles. The zero-order valence-corrected chi connectivity index (χ0v) is 14.0. The summed E-state index contributed by atoms with van der Waals surface area (Å²) in [7, 11) is -3.34. The Morgan fingerprint density at radius 3 is 1.90 bits per heavy atom. The summed E-state index contributed by atoms with van der Waals surface area (Å²) < 4.78 is 24.7. The molecule has 2 aromatic rings. The van der Waals surface area contributed by atoms with Crippen molar-refractivity contribution in [3.63, 3.8) is 0 Å². The molecule has 4 heteroatoms. The molecule has 0 fully saturated rings. The number of hydrogen-bond acceptors (Lipinski definition) is 2. The molecule has 2 nitrogen and oxygen atoms in total. The van der Waals surface area contributed by atoms with Crippen LogP contribution in [-0.2, 0) is 21.0 Å². The summed E-state index contributed by atoms with van der Waals surface area (Å²) in [6, 6.07) is 14.0. The first-order chi connectivity index (χ1) is 9.68. The molecule has 2 rings (SSSR count). The van der Waals surface area contributed by atoms with Crippen LogP contribution < -0.4 is 0 Å². The molecule has 0 spiro atoms. The molecule has 0 unspecified atom stereocenters. The van der Waals surface area contributed by atoms with Crippen molar-refractivity contribution in [2.75, 3.05) is 0 Å². The van der Waals surface area contributed by atoms with E-state index in [-0.39, 0.29) is 11.2 Å². The normalized spacial score (nSPS) is 12.4. The molecule has 0 heterocycles. The van der Waals surface area contributed by atoms with Gasteiger partial charge in [0.25, 0.3) is 0 Å². The van der Waals surface area contributed by atoms with Crippen molar-refractivity contribution in [2.45, 2.75) is 36.8 Å². The summed E-state index contributed by atoms with van der Waals surface area (Å²) in [6.07, 6.45) is 0. The van der Waals surface area contributed by atoms with Crippen LogP contribution in [0, 0.1) is 0 Å². The van der Waals surface area contributed by atoms with E-state index < -0.39 is 9.84 Å². The van der Waals surface area contributed by atoms with E-state index >= 15 is 0 Å². The van der Waals surface area contributed by atoms with Crippen molar-refractivity contribution >= 4 is 21.4 Å². The van der Waals surface area contributed by atoms with E-state index in [1.807, 2.05) is 24.3 Å². The Balaban J connectivity index is 2.23. The van der Waals surface area contributed by atoms with E-state index in [2.05, 4.69) is 20.8 Å². The maximum atomic E-state index is 12.4. The summed E-state index contributed by atoms with van der Waals surface area (Å²) in [4.78, 5) is 0.298. The molecule has 0 aliphatic carbocycles. The number of sulfone groups is 1. The number of halogens is 1. The van der Waals surface area contributed by atoms with Gasteiger partial charge in [0, 0.05) is 5.02 Å². The highest BCUT2D eigenvalue weighted by Crippen LogP contribution is 2.24. The summed E-state index contributed by atoms with van der Waals surface area (Å²) in [5, 5.41) is 0.531. The zero-order chi connectivity index (χ0) is 15.7. The standard InChI is InChI=1S/C17H19ClO2S/c1-17(2,3)14-6-4-13(5-7-14)12-21(19,20)16-10-8-15(18)9-11-16/h4-11H,12H2,1-3H3. The molecule has 0 aliphatic heterocycles. The highest BCUT2D eigenvalue weighted by Gasteiger charge is 2.17. The average Bonchev–Trinajstić information content (AvgIpc) is 2.38. The quantitative estimate of drug-likeness (QED) is 0.826. The maximum Gasteiger partial charge on any atom is 0.182 e. The van der Waals surface area contributed by atoms with E-state index in [1.54, 1.807) is 24.3 Å². The van der Waals surface area contributed by atoms with Gasteiger partial charge in [-0.1, -0.05) is 56.6 Å². The Labute approximate surface area is 131 Å². The van der Waals surface area contributed by atoms with E-state index in [0.717, 1.165) is 5.56 Å². The van der Waals surface area contributed by atoms with Crippen molar-refractivity contribution in [3.8, 4) is 0 Å². The second-order valence-corrected chi connectivity index (χ2v) is 8.59. The lowest BCUT2D eigenvalue weighted by atomic mass is 9.87. The molecule has 0 aromatic heterocycles. The zero-order valence-electron chi connectivity index (χ0n) is 12.4. The van der Waals surface area contributed by atoms with Gasteiger partial charge in [-0.15, -0.1) is 0 Å². The fraction of sp³-hybridized carbons (Fsp3) is 0.294. The van der Waals surface area contributed by atoms with Crippen LogP contribution in [-0.4, -0.2) is 8.42 Å². The third-order valence-electron chi connectivity index (χ3n) is 3.35. The Bertz CT molecular complexity index is 709. The second-order valence-electron chi connectivity index (χ2n) is 6.16. The predicted octanol–water partition coefficient (Wildman–Crippen LogP) is 4.61. The highest BCUT2D eigenvalue weighted by molar-refractivity contribution is 7.90. The topological polar surface area (TPSA) is 34.1 Å². The molecular weight excluding hydrogens is 304 g/mol. The van der Waals surface area contributed by atoms with Gasteiger partial charge in [-0.05, 0) is 40.8 Å². The molecule has 0 aliphatic rings. The van der Waals surface area contributed by atoms with Crippen molar-refractivity contribution in [1.29, 1.82) is 0 Å². The third-order valence-corrected chi connectivity index (χ3v) is 5.31. The van der Waals surface area contributed by atoms with Gasteiger partial charge < -0.3 is 0 Å². The molecule has 112 valence electrons. The van der Waals surface area contributed by atoms with Crippen LogP contribution in [0.2, 0.25) is 5.02 Å². The summed E-state index contributed by atoms with van der Waals surface area (Å²) in [6.45, 7) is 6.39. The first kappa shape index (κ1) is 16.1. The first-order valence-corrected chi connectivity index (χ1v) is 8.79. The minimum absolute atomic E-state index is 0.000937. The van der Waals surface area contributed by atoms with Crippen LogP contribution >= 0.6 is 11.6 Å². The van der Waals surface area contributed by atoms with Gasteiger partial charge in [0.05, 0.1) is 10.6 Å². The Morgan fingerprint density at radius 1 is 0.905 bits per heavy atom. The lowest BCUT2D eigenvalue weighted by Crippen LogP contribution is -2.11. The smallest absolute Gasteiger partial charge is 0.182 e. The van der Waals surface area contributed by atoms with Crippen LogP contribution in [0.3, 0.4) is 0 Å². The molecule has 0 saturated carbocycles. The van der Waals surface area contributed by atoms with Gasteiger partial charge in [-0.25, -0.2) is 8.42 Å². The minimum Gasteiger partial charge on any atom is -0.223 e. The van der Waals surface area contributed by atoms with Gasteiger partial charge in [-0.2, -0.15) is 0 Å². The van der Waals surface area contributed by atoms with Crippen LogP contribution in [0.5, 0.6) is 0 Å². The second kappa shape index (κ2) is 5.82. The van der Waals surface area contributed by atoms with Gasteiger partial charge in [0.1, 0.15) is 0 Å². The molecule has 0 N–H and O–H groups in total. The largest absolute Gasteiger partial charge is 0.223 e. The molecular formula is C17H19ClO2S. The van der Waals surface area contributed by atoms with Crippen LogP contribution in [0.1, 0.15) is 31.9 Å². The Kier molecular flexibility index (Phi) is 4.45. The third kappa shape index (κ3) is 4.08. The van der Waals surface area contributed by atoms with Crippen molar-refractivity contribution in [2.24, 2.45) is 0 Å². The monoisotopic (exact) mass is 322 g/mol. The van der Waals surface area contributed by atoms with E-state index in [9.17, 15) is 8.42 Å². The lowest BCUT2D eigenvalue weighted by Gasteiger charge is -2.19. The lowest BCUT2D eigenvalue weighted by molar-refractivity contribution is 0.589. The SMILES string of the molecule is CC(C)(C)c1ccc(CS(=O)(=O)c2ccc(Cl)cc2)cc1. The summed E-state index contributed by atoms with van der Waals surface area (Å²) in [5.74, 6) is -0.000937. The minimum atomic E-state index is -3.34. The van der Waals surface area contributed by atoms with Crippen LogP contribution in [0.4, 0.5) is 0 Å². The predicted molar refractivity (Wildman–Crippen MR) is 87.5 cm³/mol. The first-order valence-electron chi connectivity index (χ1n) is 6.76. The summed E-state index contributed by atoms with van der Waals surface area (Å²) in [5.41, 5.74) is 2.04. The Hall–Kier alpha value is -1.32. The van der Waals surface area contributed by atoms with E-state index in [1.165, 1.54) is 5.56 Å². The molecule has 0 radical (unpaired) electrons. The average molecular weight is 323 g/mol. The van der Waals surface area contributed by atoms with Gasteiger partial charge in [0.15, 0.2) is 9.84 Å². The summed E-state index contributed by atoms with van der Waals surface area (Å²) >= 11 is 5.79. The van der Waals surface area contributed by atoms with Crippen LogP contribution in [0.15, 0.2) is 53.4 Å². The van der Waals surface area contributed by atoms with E-state index in [0.29, 0.717) is 9.92 Å². The molecule has 0 amide bonds. The van der Waals surface area contributed by atoms with Crippen molar-refractivity contribution < 1.29 is 8.42 Å². The Morgan fingerprint density at radius 2 is 1.43 bits per heavy atom. The maximum absolute atomic E-state index is 12.4. The van der Waals surface area contributed by atoms with Crippen molar-refractivity contribution in [3.05, 3.63) is 64.7 Å². The fourth-order valence-corrected chi connectivity index (χ4v) is 3.52. The molecule has 0 atom stereocenters. The number of rotatable bonds is 3. The van der Waals surface area contributed by atoms with Gasteiger partial charge in [0.2, 0.25) is 0 Å². The van der Waals surface area contributed by atoms with Crippen molar-refractivity contribution in [1.82, 2.24) is 0 Å². The highest BCUT2D eigenvalue weighted by atomic mass is 35.5. The van der Waals surface area contributed by atoms with Gasteiger partial charge in [-0.3, -0.25) is 0 Å². The molecule has 21 heavy (non-hydrogen) atoms.